The summed E-state index contributed by atoms with van der Waals surface area (Å²) in [4.78, 5) is 35.0. The zero-order chi connectivity index (χ0) is 41.4. The fraction of sp³-hybridized carbons (Fsp3) is 0.933. The monoisotopic (exact) mass is 899 g/mol. The lowest BCUT2D eigenvalue weighted by molar-refractivity contribution is -0.249. The summed E-state index contributed by atoms with van der Waals surface area (Å²) in [6.45, 7) is 13.1. The molecule has 0 aromatic carbocycles. The molecule has 3 heterocycles. The van der Waals surface area contributed by atoms with Gasteiger partial charge in [-0.05, 0) is 110 Å². The average molecular weight is 899 g/mol. The summed E-state index contributed by atoms with van der Waals surface area (Å²) in [5, 5.41) is 9.50. The highest BCUT2D eigenvalue weighted by molar-refractivity contribution is 5.83. The Hall–Kier alpha value is -2.17. The highest BCUT2D eigenvalue weighted by Gasteiger charge is 2.62. The van der Waals surface area contributed by atoms with Crippen molar-refractivity contribution < 1.29 is 74.3 Å². The van der Waals surface area contributed by atoms with Crippen molar-refractivity contribution in [1.82, 2.24) is 0 Å². The summed E-state index contributed by atoms with van der Waals surface area (Å²) in [7, 11) is 0. The minimum absolute atomic E-state index is 0. The van der Waals surface area contributed by atoms with Crippen LogP contribution in [0, 0.1) is 34.0 Å². The minimum Gasteiger partial charge on any atom is -0.463 e. The fourth-order valence-corrected chi connectivity index (χ4v) is 9.02. The van der Waals surface area contributed by atoms with Crippen LogP contribution in [-0.4, -0.2) is 97.4 Å². The second-order valence-corrected chi connectivity index (χ2v) is 17.4. The third-order valence-electron chi connectivity index (χ3n) is 13.3. The zero-order valence-corrected chi connectivity index (χ0v) is 33.3. The molecule has 7 rings (SSSR count). The molecule has 4 bridgehead atoms. The Kier molecular flexibility index (Phi) is 24.5. The molecule has 7 aliphatic rings. The second-order valence-electron chi connectivity index (χ2n) is 17.4. The van der Waals surface area contributed by atoms with Gasteiger partial charge in [0, 0.05) is 11.8 Å². The quantitative estimate of drug-likeness (QED) is 0.129. The van der Waals surface area contributed by atoms with Crippen molar-refractivity contribution in [3.05, 3.63) is 0 Å². The maximum absolute atomic E-state index is 13.4. The predicted molar refractivity (Wildman–Crippen MR) is 226 cm³/mol. The van der Waals surface area contributed by atoms with Crippen molar-refractivity contribution in [3.8, 4) is 0 Å². The average Bonchev–Trinajstić information content (AvgIpc) is 3.80. The predicted octanol–water partition coefficient (Wildman–Crippen LogP) is 11.5. The maximum atomic E-state index is 13.4. The normalized spacial score (nSPS) is 31.8. The van der Waals surface area contributed by atoms with E-state index >= 15 is 0 Å². The topological polar surface area (TPSA) is 127 Å². The second kappa shape index (κ2) is 23.7. The van der Waals surface area contributed by atoms with Gasteiger partial charge in [0.15, 0.2) is 10.8 Å². The number of hydrogen-bond donors (Lipinski definition) is 1. The molecule has 8 atom stereocenters. The molecule has 61 heavy (non-hydrogen) atoms. The molecule has 4 aliphatic carbocycles. The van der Waals surface area contributed by atoms with Gasteiger partial charge < -0.3 is 33.5 Å². The Balaban J connectivity index is -0.000000817. The van der Waals surface area contributed by atoms with Crippen LogP contribution in [0.1, 0.15) is 164 Å². The summed E-state index contributed by atoms with van der Waals surface area (Å²) in [5.74, 6) is -1.35. The number of cyclic esters (lactones) is 1. The van der Waals surface area contributed by atoms with Gasteiger partial charge in [-0.1, -0.05) is 65.3 Å². The van der Waals surface area contributed by atoms with E-state index in [1.165, 1.54) is 33.1 Å². The van der Waals surface area contributed by atoms with E-state index in [2.05, 4.69) is 16.4 Å². The van der Waals surface area contributed by atoms with Gasteiger partial charge in [-0.15, -0.1) is 0 Å². The molecule has 366 valence electrons. The van der Waals surface area contributed by atoms with Crippen molar-refractivity contribution in [2.75, 3.05) is 19.8 Å². The highest BCUT2D eigenvalue weighted by Crippen LogP contribution is 2.64. The van der Waals surface area contributed by atoms with Gasteiger partial charge in [0.05, 0.1) is 25.9 Å². The number of alkyl halides is 6. The zero-order valence-electron chi connectivity index (χ0n) is 33.3. The molecule has 10 nitrogen and oxygen atoms in total. The van der Waals surface area contributed by atoms with E-state index in [1.54, 1.807) is 0 Å². The molecule has 0 aromatic heterocycles. The van der Waals surface area contributed by atoms with Crippen LogP contribution in [0.15, 0.2) is 0 Å². The van der Waals surface area contributed by atoms with E-state index in [1.807, 2.05) is 20.8 Å². The molecular weight excluding hydrogens is 814 g/mol. The third-order valence-corrected chi connectivity index (χ3v) is 13.3. The van der Waals surface area contributed by atoms with Crippen molar-refractivity contribution in [2.45, 2.75) is 219 Å². The molecule has 8 unspecified atom stereocenters. The molecule has 4 saturated carbocycles. The van der Waals surface area contributed by atoms with Crippen molar-refractivity contribution in [2.24, 2.45) is 34.0 Å². The summed E-state index contributed by atoms with van der Waals surface area (Å²) in [6.07, 6.45) is -3.95. The van der Waals surface area contributed by atoms with Crippen LogP contribution in [0.3, 0.4) is 0 Å². The minimum atomic E-state index is -4.71. The number of fused-ring (bicyclic) bond motifs is 1. The maximum Gasteiger partial charge on any atom is 0.404 e. The lowest BCUT2D eigenvalue weighted by Gasteiger charge is -2.61. The number of aliphatic hydroxyl groups is 1. The Morgan fingerprint density at radius 3 is 1.59 bits per heavy atom. The number of esters is 3. The summed E-state index contributed by atoms with van der Waals surface area (Å²) < 4.78 is 110. The number of aliphatic hydroxyl groups excluding tert-OH is 1. The highest BCUT2D eigenvalue weighted by atomic mass is 19.4. The van der Waals surface area contributed by atoms with Crippen molar-refractivity contribution in [1.29, 1.82) is 0 Å². The van der Waals surface area contributed by atoms with E-state index in [4.69, 9.17) is 18.9 Å². The van der Waals surface area contributed by atoms with Crippen LogP contribution in [0.25, 0.3) is 0 Å². The Labute approximate surface area is 364 Å². The molecule has 7 fully saturated rings. The summed E-state index contributed by atoms with van der Waals surface area (Å²) >= 11 is 0. The van der Waals surface area contributed by atoms with Crippen LogP contribution in [0.4, 0.5) is 26.3 Å². The van der Waals surface area contributed by atoms with Crippen molar-refractivity contribution in [3.63, 3.8) is 0 Å². The van der Waals surface area contributed by atoms with Crippen LogP contribution in [0.5, 0.6) is 0 Å². The smallest absolute Gasteiger partial charge is 0.404 e. The molecule has 0 radical (unpaired) electrons. The molecule has 0 aromatic rings. The lowest BCUT2D eigenvalue weighted by Crippen LogP contribution is -2.58. The van der Waals surface area contributed by atoms with E-state index in [9.17, 15) is 45.8 Å². The summed E-state index contributed by atoms with van der Waals surface area (Å²) in [6, 6.07) is 0. The van der Waals surface area contributed by atoms with Crippen LogP contribution in [-0.2, 0) is 42.8 Å². The van der Waals surface area contributed by atoms with E-state index in [0.29, 0.717) is 31.0 Å². The number of carbonyl (C=O) groups excluding carboxylic acids is 3. The van der Waals surface area contributed by atoms with Gasteiger partial charge in [-0.3, -0.25) is 9.59 Å². The molecular formula is C45H84F6O10. The largest absolute Gasteiger partial charge is 0.463 e. The Bertz CT molecular complexity index is 1320. The van der Waals surface area contributed by atoms with E-state index in [-0.39, 0.29) is 93.8 Å². The van der Waals surface area contributed by atoms with Gasteiger partial charge in [-0.25, -0.2) is 4.79 Å². The van der Waals surface area contributed by atoms with Gasteiger partial charge in [0.1, 0.15) is 30.0 Å². The first-order valence-electron chi connectivity index (χ1n) is 19.7. The fourth-order valence-electron chi connectivity index (χ4n) is 9.02. The van der Waals surface area contributed by atoms with Gasteiger partial charge >= 0.3 is 30.3 Å². The first kappa shape index (κ1) is 63.1. The summed E-state index contributed by atoms with van der Waals surface area (Å²) in [5.41, 5.74) is -6.00. The Morgan fingerprint density at radius 2 is 1.20 bits per heavy atom. The Morgan fingerprint density at radius 1 is 0.754 bits per heavy atom. The molecule has 3 saturated heterocycles. The van der Waals surface area contributed by atoms with Crippen LogP contribution >= 0.6 is 0 Å². The van der Waals surface area contributed by atoms with Gasteiger partial charge in [-0.2, -0.15) is 26.3 Å². The third kappa shape index (κ3) is 13.2. The van der Waals surface area contributed by atoms with E-state index < -0.39 is 65.3 Å². The van der Waals surface area contributed by atoms with Gasteiger partial charge in [0.2, 0.25) is 6.10 Å². The number of rotatable bonds is 10. The van der Waals surface area contributed by atoms with E-state index in [0.717, 1.165) is 39.5 Å². The SMILES string of the molecule is C.C.C.C.C.C.CCC(C)(C(=O)OC(C)(C)C12CC3CC(CC(C3)C1)C2)C(F)(F)F.CCC(C)(C(=O)OC1CCOC1=O)C(F)(F)F.CCC(C)OC1COC2C(O)COC12. The van der Waals surface area contributed by atoms with Crippen molar-refractivity contribution >= 4 is 17.9 Å². The number of hydrogen-bond acceptors (Lipinski definition) is 10. The lowest BCUT2D eigenvalue weighted by atomic mass is 9.46. The molecule has 16 heteroatoms. The molecule has 1 N–H and O–H groups in total. The first-order valence-corrected chi connectivity index (χ1v) is 19.7. The van der Waals surface area contributed by atoms with Gasteiger partial charge in [0.25, 0.3) is 0 Å². The molecule has 0 spiro atoms. The molecule has 3 aliphatic heterocycles. The molecule has 0 amide bonds. The first-order chi connectivity index (χ1) is 25.4. The number of halogens is 6. The standard InChI is InChI=1S/C19H29F3O2.C10H13F3O4.C10H18O4.6CH4/c1-5-17(4,19(20,21)22)15(23)24-16(2,3)18-9-12-6-13(10-18)8-14(7-12)11-18;1-3-9(2,10(11,12)13)8(15)17-6-4-5-16-7(6)14;1-3-6(2)14-8-5-13-9-7(11)4-12-10(8)9;;;;;;/h12-14H,5-11H2,1-4H3;6H,3-5H2,1-2H3;6-11H,3-5H2,1-2H3;6*1H4. The number of ether oxygens (including phenoxy) is 6. The number of carbonyl (C=O) groups is 3. The van der Waals surface area contributed by atoms with Crippen LogP contribution < -0.4 is 0 Å². The van der Waals surface area contributed by atoms with Crippen LogP contribution in [0.2, 0.25) is 0 Å².